The third-order valence-corrected chi connectivity index (χ3v) is 4.07. The minimum atomic E-state index is -0.765. The summed E-state index contributed by atoms with van der Waals surface area (Å²) in [5, 5.41) is 15.8. The van der Waals surface area contributed by atoms with Gasteiger partial charge in [-0.3, -0.25) is 0 Å². The van der Waals surface area contributed by atoms with Crippen LogP contribution in [-0.4, -0.2) is 29.3 Å². The van der Waals surface area contributed by atoms with Crippen molar-refractivity contribution in [3.05, 3.63) is 0 Å². The first-order chi connectivity index (χ1) is 8.00. The summed E-state index contributed by atoms with van der Waals surface area (Å²) in [5.74, 6) is 0.567. The van der Waals surface area contributed by atoms with Crippen LogP contribution in [0.15, 0.2) is 0 Å². The molecule has 17 heavy (non-hydrogen) atoms. The first-order valence-corrected chi connectivity index (χ1v) is 6.77. The van der Waals surface area contributed by atoms with E-state index in [-0.39, 0.29) is 6.03 Å². The summed E-state index contributed by atoms with van der Waals surface area (Å²) in [4.78, 5) is 11.7. The van der Waals surface area contributed by atoms with E-state index in [9.17, 15) is 9.90 Å². The van der Waals surface area contributed by atoms with Crippen LogP contribution in [0.4, 0.5) is 4.79 Å². The van der Waals surface area contributed by atoms with Crippen LogP contribution < -0.4 is 10.6 Å². The molecule has 0 saturated heterocycles. The van der Waals surface area contributed by atoms with E-state index in [2.05, 4.69) is 17.6 Å². The second kappa shape index (κ2) is 6.24. The maximum Gasteiger partial charge on any atom is 0.315 e. The fraction of sp³-hybridized carbons (Fsp3) is 0.923. The molecule has 0 radical (unpaired) electrons. The molecule has 1 fully saturated rings. The molecule has 0 bridgehead atoms. The Hall–Kier alpha value is -0.770. The molecule has 3 N–H and O–H groups in total. The SMILES string of the molecule is CCC(O)(CC)CNC(=O)NC1CCCC1C. The van der Waals surface area contributed by atoms with Crippen LogP contribution in [0, 0.1) is 5.92 Å². The lowest BCUT2D eigenvalue weighted by Crippen LogP contribution is -2.48. The number of rotatable bonds is 5. The van der Waals surface area contributed by atoms with Gasteiger partial charge in [-0.2, -0.15) is 0 Å². The molecular weight excluding hydrogens is 216 g/mol. The highest BCUT2D eigenvalue weighted by atomic mass is 16.3. The summed E-state index contributed by atoms with van der Waals surface area (Å²) in [6.07, 6.45) is 4.77. The summed E-state index contributed by atoms with van der Waals surface area (Å²) in [5.41, 5.74) is -0.765. The Balaban J connectivity index is 2.30. The number of hydrogen-bond acceptors (Lipinski definition) is 2. The van der Waals surface area contributed by atoms with Gasteiger partial charge in [-0.25, -0.2) is 4.79 Å². The molecule has 0 heterocycles. The highest BCUT2D eigenvalue weighted by Crippen LogP contribution is 2.24. The molecule has 4 nitrogen and oxygen atoms in total. The molecule has 0 aromatic carbocycles. The Bertz CT molecular complexity index is 252. The highest BCUT2D eigenvalue weighted by Gasteiger charge is 2.26. The van der Waals surface area contributed by atoms with Gasteiger partial charge in [0.05, 0.1) is 5.60 Å². The van der Waals surface area contributed by atoms with Gasteiger partial charge in [-0.1, -0.05) is 27.2 Å². The molecule has 100 valence electrons. The van der Waals surface area contributed by atoms with Crippen LogP contribution in [0.1, 0.15) is 52.9 Å². The summed E-state index contributed by atoms with van der Waals surface area (Å²) < 4.78 is 0. The van der Waals surface area contributed by atoms with E-state index in [1.165, 1.54) is 12.8 Å². The standard InChI is InChI=1S/C13H26N2O2/c1-4-13(17,5-2)9-14-12(16)15-11-8-6-7-10(11)3/h10-11,17H,4-9H2,1-3H3,(H2,14,15,16). The molecule has 0 aromatic heterocycles. The Morgan fingerprint density at radius 1 is 1.35 bits per heavy atom. The van der Waals surface area contributed by atoms with Crippen molar-refractivity contribution < 1.29 is 9.90 Å². The van der Waals surface area contributed by atoms with E-state index < -0.39 is 5.60 Å². The molecule has 2 atom stereocenters. The van der Waals surface area contributed by atoms with Crippen molar-refractivity contribution >= 4 is 6.03 Å². The third-order valence-electron chi connectivity index (χ3n) is 4.07. The Labute approximate surface area is 104 Å². The normalized spacial score (nSPS) is 24.7. The zero-order valence-electron chi connectivity index (χ0n) is 11.3. The monoisotopic (exact) mass is 242 g/mol. The van der Waals surface area contributed by atoms with Crippen molar-refractivity contribution in [2.45, 2.75) is 64.5 Å². The van der Waals surface area contributed by atoms with Gasteiger partial charge in [0, 0.05) is 12.6 Å². The van der Waals surface area contributed by atoms with Crippen molar-refractivity contribution in [3.63, 3.8) is 0 Å². The number of carbonyl (C=O) groups excluding carboxylic acids is 1. The Morgan fingerprint density at radius 2 is 2.00 bits per heavy atom. The van der Waals surface area contributed by atoms with Gasteiger partial charge in [-0.05, 0) is 31.6 Å². The second-order valence-corrected chi connectivity index (χ2v) is 5.27. The van der Waals surface area contributed by atoms with Crippen LogP contribution in [-0.2, 0) is 0 Å². The quantitative estimate of drug-likeness (QED) is 0.690. The third kappa shape index (κ3) is 4.19. The van der Waals surface area contributed by atoms with E-state index >= 15 is 0 Å². The van der Waals surface area contributed by atoms with Crippen LogP contribution >= 0.6 is 0 Å². The molecule has 1 aliphatic rings. The van der Waals surface area contributed by atoms with Gasteiger partial charge in [0.25, 0.3) is 0 Å². The average Bonchev–Trinajstić information content (AvgIpc) is 2.72. The lowest BCUT2D eigenvalue weighted by atomic mass is 9.98. The molecule has 4 heteroatoms. The van der Waals surface area contributed by atoms with E-state index in [4.69, 9.17) is 0 Å². The molecule has 1 rings (SSSR count). The van der Waals surface area contributed by atoms with Crippen molar-refractivity contribution in [1.29, 1.82) is 0 Å². The minimum absolute atomic E-state index is 0.149. The number of aliphatic hydroxyl groups is 1. The number of nitrogens with one attached hydrogen (secondary N) is 2. The molecule has 0 aliphatic heterocycles. The molecule has 0 aromatic rings. The maximum atomic E-state index is 11.7. The molecule has 2 amide bonds. The molecular formula is C13H26N2O2. The summed E-state index contributed by atoms with van der Waals surface area (Å²) in [6, 6.07) is 0.149. The van der Waals surface area contributed by atoms with E-state index in [0.717, 1.165) is 6.42 Å². The minimum Gasteiger partial charge on any atom is -0.388 e. The van der Waals surface area contributed by atoms with Gasteiger partial charge < -0.3 is 15.7 Å². The largest absolute Gasteiger partial charge is 0.388 e. The van der Waals surface area contributed by atoms with Crippen LogP contribution in [0.2, 0.25) is 0 Å². The average molecular weight is 242 g/mol. The summed E-state index contributed by atoms with van der Waals surface area (Å²) in [7, 11) is 0. The lowest BCUT2D eigenvalue weighted by Gasteiger charge is -2.26. The second-order valence-electron chi connectivity index (χ2n) is 5.27. The topological polar surface area (TPSA) is 61.4 Å². The molecule has 1 aliphatic carbocycles. The van der Waals surface area contributed by atoms with Crippen molar-refractivity contribution in [1.82, 2.24) is 10.6 Å². The van der Waals surface area contributed by atoms with Gasteiger partial charge in [0.15, 0.2) is 0 Å². The van der Waals surface area contributed by atoms with Crippen LogP contribution in [0.5, 0.6) is 0 Å². The van der Waals surface area contributed by atoms with E-state index in [1.807, 2.05) is 13.8 Å². The van der Waals surface area contributed by atoms with Crippen molar-refractivity contribution in [2.75, 3.05) is 6.54 Å². The first kappa shape index (κ1) is 14.3. The molecule has 1 saturated carbocycles. The maximum absolute atomic E-state index is 11.7. The lowest BCUT2D eigenvalue weighted by molar-refractivity contribution is 0.0348. The van der Waals surface area contributed by atoms with Crippen LogP contribution in [0.3, 0.4) is 0 Å². The fourth-order valence-electron chi connectivity index (χ4n) is 2.32. The first-order valence-electron chi connectivity index (χ1n) is 6.77. The smallest absolute Gasteiger partial charge is 0.315 e. The number of amides is 2. The van der Waals surface area contributed by atoms with E-state index in [1.54, 1.807) is 0 Å². The zero-order chi connectivity index (χ0) is 12.9. The van der Waals surface area contributed by atoms with Crippen molar-refractivity contribution in [3.8, 4) is 0 Å². The molecule has 2 unspecified atom stereocenters. The Kier molecular flexibility index (Phi) is 5.25. The van der Waals surface area contributed by atoms with Gasteiger partial charge in [0.2, 0.25) is 0 Å². The number of hydrogen-bond donors (Lipinski definition) is 3. The Morgan fingerprint density at radius 3 is 2.47 bits per heavy atom. The van der Waals surface area contributed by atoms with Gasteiger partial charge in [-0.15, -0.1) is 0 Å². The highest BCUT2D eigenvalue weighted by molar-refractivity contribution is 5.74. The van der Waals surface area contributed by atoms with E-state index in [0.29, 0.717) is 31.3 Å². The van der Waals surface area contributed by atoms with Crippen LogP contribution in [0.25, 0.3) is 0 Å². The zero-order valence-corrected chi connectivity index (χ0v) is 11.3. The summed E-state index contributed by atoms with van der Waals surface area (Å²) in [6.45, 7) is 6.36. The summed E-state index contributed by atoms with van der Waals surface area (Å²) >= 11 is 0. The predicted octanol–water partition coefficient (Wildman–Crippen LogP) is 2.03. The molecule has 0 spiro atoms. The predicted molar refractivity (Wildman–Crippen MR) is 68.9 cm³/mol. The number of carbonyl (C=O) groups is 1. The van der Waals surface area contributed by atoms with Gasteiger partial charge >= 0.3 is 6.03 Å². The van der Waals surface area contributed by atoms with Gasteiger partial charge in [0.1, 0.15) is 0 Å². The number of urea groups is 1. The van der Waals surface area contributed by atoms with Crippen molar-refractivity contribution in [2.24, 2.45) is 5.92 Å². The fourth-order valence-corrected chi connectivity index (χ4v) is 2.32.